The maximum atomic E-state index is 13.7. The number of nitrogens with zero attached hydrogens (tertiary/aromatic N) is 4. The van der Waals surface area contributed by atoms with Gasteiger partial charge in [-0.1, -0.05) is 39.3 Å². The van der Waals surface area contributed by atoms with Crippen molar-refractivity contribution >= 4 is 40.7 Å². The van der Waals surface area contributed by atoms with Crippen LogP contribution in [0.5, 0.6) is 11.5 Å². The number of hydrogen-bond acceptors (Lipinski definition) is 9. The second-order valence-corrected chi connectivity index (χ2v) is 16.6. The van der Waals surface area contributed by atoms with Crippen molar-refractivity contribution < 1.29 is 32.6 Å². The number of nitriles is 1. The fraction of sp³-hybridized carbons (Fsp3) is 0.372. The van der Waals surface area contributed by atoms with Gasteiger partial charge in [-0.3, -0.25) is 24.1 Å². The molecule has 3 amide bonds. The normalized spacial score (nSPS) is 19.9. The highest BCUT2D eigenvalue weighted by Crippen LogP contribution is 2.55. The molecule has 0 bridgehead atoms. The summed E-state index contributed by atoms with van der Waals surface area (Å²) in [5.41, 5.74) is -0.602. The summed E-state index contributed by atoms with van der Waals surface area (Å²) in [5, 5.41) is 12.8. The maximum absolute atomic E-state index is 13.7. The number of hydrogen-bond donors (Lipinski definition) is 2. The number of nitrogens with one attached hydrogen (secondary N) is 2. The zero-order valence-electron chi connectivity index (χ0n) is 32.7. The number of pyridine rings is 1. The first kappa shape index (κ1) is 40.4. The van der Waals surface area contributed by atoms with Gasteiger partial charge in [0.2, 0.25) is 0 Å². The second kappa shape index (κ2) is 15.2. The van der Waals surface area contributed by atoms with Crippen molar-refractivity contribution in [2.75, 3.05) is 49.1 Å². The zero-order chi connectivity index (χ0) is 41.7. The van der Waals surface area contributed by atoms with Gasteiger partial charge in [0.05, 0.1) is 27.4 Å². The largest absolute Gasteiger partial charge is 0.492 e. The van der Waals surface area contributed by atoms with E-state index in [1.165, 1.54) is 12.1 Å². The zero-order valence-corrected chi connectivity index (χ0v) is 33.5. The summed E-state index contributed by atoms with van der Waals surface area (Å²) in [6.07, 6.45) is -0.209. The summed E-state index contributed by atoms with van der Waals surface area (Å²) < 4.78 is 39.7. The van der Waals surface area contributed by atoms with Gasteiger partial charge in [-0.05, 0) is 66.7 Å². The van der Waals surface area contributed by atoms with Crippen LogP contribution in [-0.2, 0) is 5.92 Å². The first-order chi connectivity index (χ1) is 27.4. The summed E-state index contributed by atoms with van der Waals surface area (Å²) in [6, 6.07) is 21.0. The number of aromatic amines is 1. The molecule has 12 nitrogen and oxygen atoms in total. The number of halogens is 3. The van der Waals surface area contributed by atoms with Gasteiger partial charge in [-0.25, -0.2) is 13.7 Å². The summed E-state index contributed by atoms with van der Waals surface area (Å²) in [7, 11) is 0. The lowest BCUT2D eigenvalue weighted by Crippen LogP contribution is -2.74. The van der Waals surface area contributed by atoms with Gasteiger partial charge in [0.1, 0.15) is 36.0 Å². The monoisotopic (exact) mass is 812 g/mol. The predicted molar refractivity (Wildman–Crippen MR) is 214 cm³/mol. The van der Waals surface area contributed by atoms with Gasteiger partial charge < -0.3 is 24.7 Å². The lowest BCUT2D eigenvalue weighted by molar-refractivity contribution is -0.164. The smallest absolute Gasteiger partial charge is 0.284 e. The minimum atomic E-state index is -3.30. The number of rotatable bonds is 11. The molecule has 0 radical (unpaired) electrons. The van der Waals surface area contributed by atoms with Crippen molar-refractivity contribution in [1.82, 2.24) is 15.2 Å². The third kappa shape index (κ3) is 7.52. The van der Waals surface area contributed by atoms with Crippen LogP contribution >= 0.6 is 11.6 Å². The Morgan fingerprint density at radius 3 is 2.19 bits per heavy atom. The molecule has 2 fully saturated rings. The van der Waals surface area contributed by atoms with Crippen LogP contribution in [0.4, 0.5) is 20.2 Å². The number of imide groups is 1. The molecule has 302 valence electrons. The minimum Gasteiger partial charge on any atom is -0.492 e. The van der Waals surface area contributed by atoms with Crippen molar-refractivity contribution in [3.63, 3.8) is 0 Å². The molecule has 2 aliphatic heterocycles. The first-order valence-electron chi connectivity index (χ1n) is 18.9. The molecule has 4 aromatic rings. The van der Waals surface area contributed by atoms with Gasteiger partial charge in [-0.15, -0.1) is 0 Å². The molecule has 3 aliphatic rings. The van der Waals surface area contributed by atoms with Gasteiger partial charge in [0.25, 0.3) is 29.2 Å². The number of carbonyl (C=O) groups is 3. The van der Waals surface area contributed by atoms with Crippen LogP contribution in [0.2, 0.25) is 5.02 Å². The average Bonchev–Trinajstić information content (AvgIpc) is 3.43. The highest BCUT2D eigenvalue weighted by Gasteiger charge is 2.64. The van der Waals surface area contributed by atoms with Crippen LogP contribution in [0, 0.1) is 22.2 Å². The Morgan fingerprint density at radius 1 is 0.914 bits per heavy atom. The number of fused-ring (bicyclic) bond motifs is 1. The second-order valence-electron chi connectivity index (χ2n) is 16.2. The minimum absolute atomic E-state index is 0.0602. The van der Waals surface area contributed by atoms with Gasteiger partial charge in [0.15, 0.2) is 0 Å². The van der Waals surface area contributed by atoms with Crippen LogP contribution < -0.4 is 30.1 Å². The van der Waals surface area contributed by atoms with E-state index in [-0.39, 0.29) is 45.7 Å². The van der Waals surface area contributed by atoms with E-state index in [0.717, 1.165) is 44.0 Å². The third-order valence-corrected chi connectivity index (χ3v) is 11.7. The Kier molecular flexibility index (Phi) is 10.6. The van der Waals surface area contributed by atoms with Crippen LogP contribution in [0.1, 0.15) is 77.0 Å². The van der Waals surface area contributed by atoms with Crippen LogP contribution in [0.25, 0.3) is 0 Å². The van der Waals surface area contributed by atoms with Gasteiger partial charge in [-0.2, -0.15) is 5.26 Å². The number of carbonyl (C=O) groups excluding carboxylic acids is 3. The van der Waals surface area contributed by atoms with Crippen LogP contribution in [0.15, 0.2) is 77.6 Å². The van der Waals surface area contributed by atoms with E-state index in [1.54, 1.807) is 24.3 Å². The average molecular weight is 813 g/mol. The molecule has 7 rings (SSSR count). The lowest BCUT2D eigenvalue weighted by atomic mass is 9.49. The predicted octanol–water partition coefficient (Wildman–Crippen LogP) is 6.63. The Morgan fingerprint density at radius 2 is 1.57 bits per heavy atom. The number of amides is 3. The molecule has 1 saturated heterocycles. The molecule has 3 aromatic carbocycles. The number of benzene rings is 3. The number of aromatic nitrogens is 1. The van der Waals surface area contributed by atoms with E-state index >= 15 is 0 Å². The summed E-state index contributed by atoms with van der Waals surface area (Å²) in [6.45, 7) is 12.9. The summed E-state index contributed by atoms with van der Waals surface area (Å²) in [4.78, 5) is 59.5. The summed E-state index contributed by atoms with van der Waals surface area (Å²) >= 11 is 6.23. The van der Waals surface area contributed by atoms with Crippen molar-refractivity contribution in [3.05, 3.63) is 116 Å². The molecular formula is C43H43ClF2N6O6. The molecule has 0 spiro atoms. The Hall–Kier alpha value is -5.78. The molecule has 1 aliphatic carbocycles. The maximum Gasteiger partial charge on any atom is 0.284 e. The third-order valence-electron chi connectivity index (χ3n) is 11.4. The molecule has 15 heteroatoms. The standard InChI is InChI=1S/C43H43ClF2N6O6/c1-41(2)39(42(3,4)40(41)58-29-11-8-26(24-47)32(44)23-29)49-35(53)25-6-9-27(10-7-25)51-18-16-50(17-19-51)20-21-57-28-12-13-30-31(22-28)38(56)52(37(30)55)33-14-15-34(43(5,45)46)48-36(33)54/h6-15,22-23,39-40H,16-21H2,1-5H3,(H,48,54)(H,49,53)/t39-,40-. The van der Waals surface area contributed by atoms with E-state index in [0.29, 0.717) is 52.6 Å². The molecule has 1 saturated carbocycles. The lowest BCUT2D eigenvalue weighted by Gasteiger charge is -2.63. The molecule has 58 heavy (non-hydrogen) atoms. The number of ether oxygens (including phenoxy) is 2. The highest BCUT2D eigenvalue weighted by atomic mass is 35.5. The topological polar surface area (TPSA) is 148 Å². The van der Waals surface area contributed by atoms with E-state index < -0.39 is 29.0 Å². The Bertz CT molecular complexity index is 2360. The SMILES string of the molecule is CC(F)(F)c1ccc(N2C(=O)c3ccc(OCCN4CCN(c5ccc(C(=O)N[C@H]6C(C)(C)[C@H](Oc7ccc(C#N)c(Cl)c7)C6(C)C)cc5)CC4)cc3C2=O)c(=O)[nH]1. The fourth-order valence-electron chi connectivity index (χ4n) is 8.58. The van der Waals surface area contributed by atoms with Crippen molar-refractivity contribution in [2.45, 2.75) is 52.7 Å². The molecular weight excluding hydrogens is 770 g/mol. The first-order valence-corrected chi connectivity index (χ1v) is 19.3. The van der Waals surface area contributed by atoms with Crippen molar-refractivity contribution in [2.24, 2.45) is 10.8 Å². The van der Waals surface area contributed by atoms with E-state index in [1.807, 2.05) is 24.3 Å². The van der Waals surface area contributed by atoms with Crippen molar-refractivity contribution in [3.8, 4) is 17.6 Å². The Labute approximate surface area is 339 Å². The van der Waals surface area contributed by atoms with Gasteiger partial charge in [0, 0.05) is 73.8 Å². The number of H-pyrrole nitrogens is 1. The molecule has 2 N–H and O–H groups in total. The molecule has 0 atom stereocenters. The summed E-state index contributed by atoms with van der Waals surface area (Å²) in [5.74, 6) is -3.97. The Balaban J connectivity index is 0.879. The van der Waals surface area contributed by atoms with Crippen LogP contribution in [0.3, 0.4) is 0 Å². The molecule has 1 aromatic heterocycles. The van der Waals surface area contributed by atoms with Gasteiger partial charge >= 0.3 is 0 Å². The molecule has 3 heterocycles. The quantitative estimate of drug-likeness (QED) is 0.159. The highest BCUT2D eigenvalue weighted by molar-refractivity contribution is 6.34. The van der Waals surface area contributed by atoms with Crippen molar-refractivity contribution in [1.29, 1.82) is 5.26 Å². The fourth-order valence-corrected chi connectivity index (χ4v) is 8.80. The number of alkyl halides is 2. The van der Waals surface area contributed by atoms with E-state index in [2.05, 4.69) is 53.9 Å². The van der Waals surface area contributed by atoms with E-state index in [4.69, 9.17) is 21.1 Å². The molecule has 0 unspecified atom stereocenters. The number of anilines is 2. The van der Waals surface area contributed by atoms with E-state index in [9.17, 15) is 33.2 Å². The van der Waals surface area contributed by atoms with Crippen LogP contribution in [-0.4, -0.2) is 79.1 Å². The number of piperazine rings is 1.